The number of rotatable bonds is 6. The van der Waals surface area contributed by atoms with Crippen LogP contribution < -0.4 is 16.0 Å². The number of hydrogen-bond acceptors (Lipinski definition) is 4. The van der Waals surface area contributed by atoms with Gasteiger partial charge in [-0.1, -0.05) is 12.8 Å². The highest BCUT2D eigenvalue weighted by atomic mass is 127. The number of carbonyl (C=O) groups is 2. The normalized spacial score (nSPS) is 15.4. The van der Waals surface area contributed by atoms with Crippen molar-refractivity contribution < 1.29 is 9.59 Å². The molecular weight excluding hydrogens is 459 g/mol. The standard InChI is InChI=1S/C18H28N6O2.HI/c1-19-17(21-12-15(25)23-14-7-6-10-20-11-14)22-13-18(8-4-5-9-18)16(26)24(2)3;/h6-7,10-11H,4-5,8-9,12-13H2,1-3H3,(H,23,25)(H2,19,21,22);1H. The zero-order valence-corrected chi connectivity index (χ0v) is 18.4. The second-order valence-corrected chi connectivity index (χ2v) is 6.76. The van der Waals surface area contributed by atoms with E-state index in [0.29, 0.717) is 18.2 Å². The molecule has 2 amide bonds. The van der Waals surface area contributed by atoms with Crippen LogP contribution in [0.3, 0.4) is 0 Å². The van der Waals surface area contributed by atoms with Gasteiger partial charge in [0, 0.05) is 33.9 Å². The van der Waals surface area contributed by atoms with Crippen molar-refractivity contribution in [3.63, 3.8) is 0 Å². The largest absolute Gasteiger partial charge is 0.355 e. The first-order chi connectivity index (χ1) is 12.5. The average molecular weight is 488 g/mol. The number of nitrogens with zero attached hydrogens (tertiary/aromatic N) is 3. The quantitative estimate of drug-likeness (QED) is 0.320. The lowest BCUT2D eigenvalue weighted by atomic mass is 9.84. The first kappa shape index (κ1) is 23.1. The molecule has 8 nitrogen and oxygen atoms in total. The van der Waals surface area contributed by atoms with Gasteiger partial charge >= 0.3 is 0 Å². The van der Waals surface area contributed by atoms with Gasteiger partial charge in [-0.15, -0.1) is 24.0 Å². The summed E-state index contributed by atoms with van der Waals surface area (Å²) >= 11 is 0. The van der Waals surface area contributed by atoms with Gasteiger partial charge in [0.25, 0.3) is 0 Å². The zero-order chi connectivity index (χ0) is 19.0. The Labute approximate surface area is 177 Å². The molecule has 1 heterocycles. The number of hydrogen-bond donors (Lipinski definition) is 3. The van der Waals surface area contributed by atoms with Crippen LogP contribution in [0.1, 0.15) is 25.7 Å². The molecule has 9 heteroatoms. The predicted molar refractivity (Wildman–Crippen MR) is 117 cm³/mol. The third-order valence-corrected chi connectivity index (χ3v) is 4.60. The Bertz CT molecular complexity index is 645. The Kier molecular flexibility index (Phi) is 9.47. The van der Waals surface area contributed by atoms with Crippen molar-refractivity contribution in [3.8, 4) is 0 Å². The average Bonchev–Trinajstić information content (AvgIpc) is 3.12. The van der Waals surface area contributed by atoms with Gasteiger partial charge in [0.05, 0.1) is 23.8 Å². The Morgan fingerprint density at radius 2 is 1.96 bits per heavy atom. The van der Waals surface area contributed by atoms with E-state index in [0.717, 1.165) is 25.7 Å². The van der Waals surface area contributed by atoms with E-state index in [1.54, 1.807) is 50.6 Å². The number of halogens is 1. The zero-order valence-electron chi connectivity index (χ0n) is 16.1. The number of aliphatic imine (C=N–C) groups is 1. The number of guanidine groups is 1. The number of carbonyl (C=O) groups excluding carboxylic acids is 2. The molecule has 3 N–H and O–H groups in total. The highest BCUT2D eigenvalue weighted by molar-refractivity contribution is 14.0. The van der Waals surface area contributed by atoms with Crippen LogP contribution in [0.25, 0.3) is 0 Å². The first-order valence-corrected chi connectivity index (χ1v) is 8.83. The van der Waals surface area contributed by atoms with Gasteiger partial charge in [-0.05, 0) is 25.0 Å². The number of nitrogens with one attached hydrogen (secondary N) is 3. The molecule has 0 aliphatic heterocycles. The molecule has 1 aromatic rings. The van der Waals surface area contributed by atoms with Crippen LogP contribution in [0, 0.1) is 5.41 Å². The smallest absolute Gasteiger partial charge is 0.243 e. The summed E-state index contributed by atoms with van der Waals surface area (Å²) < 4.78 is 0. The fourth-order valence-electron chi connectivity index (χ4n) is 3.27. The molecule has 0 atom stereocenters. The molecule has 0 aromatic carbocycles. The molecule has 0 radical (unpaired) electrons. The van der Waals surface area contributed by atoms with Crippen LogP contribution in [0.2, 0.25) is 0 Å². The number of anilines is 1. The summed E-state index contributed by atoms with van der Waals surface area (Å²) in [6, 6.07) is 3.53. The Morgan fingerprint density at radius 1 is 1.26 bits per heavy atom. The van der Waals surface area contributed by atoms with Gasteiger partial charge < -0.3 is 20.9 Å². The highest BCUT2D eigenvalue weighted by Crippen LogP contribution is 2.38. The highest BCUT2D eigenvalue weighted by Gasteiger charge is 2.42. The second-order valence-electron chi connectivity index (χ2n) is 6.76. The number of pyridine rings is 1. The summed E-state index contributed by atoms with van der Waals surface area (Å²) in [4.78, 5) is 34.4. The van der Waals surface area contributed by atoms with Crippen molar-refractivity contribution in [2.75, 3.05) is 39.5 Å². The molecule has 0 saturated heterocycles. The minimum atomic E-state index is -0.390. The van der Waals surface area contributed by atoms with Crippen molar-refractivity contribution in [3.05, 3.63) is 24.5 Å². The van der Waals surface area contributed by atoms with Gasteiger partial charge in [-0.2, -0.15) is 0 Å². The van der Waals surface area contributed by atoms with E-state index < -0.39 is 0 Å². The summed E-state index contributed by atoms with van der Waals surface area (Å²) in [5.41, 5.74) is 0.253. The van der Waals surface area contributed by atoms with E-state index >= 15 is 0 Å². The van der Waals surface area contributed by atoms with E-state index in [2.05, 4.69) is 25.9 Å². The van der Waals surface area contributed by atoms with Crippen LogP contribution in [0.5, 0.6) is 0 Å². The third-order valence-electron chi connectivity index (χ3n) is 4.60. The Balaban J connectivity index is 0.00000364. The molecule has 0 unspecified atom stereocenters. The lowest BCUT2D eigenvalue weighted by molar-refractivity contribution is -0.138. The lowest BCUT2D eigenvalue weighted by Crippen LogP contribution is -2.50. The summed E-state index contributed by atoms with van der Waals surface area (Å²) in [5.74, 6) is 0.456. The fourth-order valence-corrected chi connectivity index (χ4v) is 3.27. The van der Waals surface area contributed by atoms with E-state index in [4.69, 9.17) is 0 Å². The van der Waals surface area contributed by atoms with Crippen molar-refractivity contribution >= 4 is 47.4 Å². The first-order valence-electron chi connectivity index (χ1n) is 8.83. The second kappa shape index (κ2) is 11.1. The summed E-state index contributed by atoms with van der Waals surface area (Å²) in [6.07, 6.45) is 7.09. The monoisotopic (exact) mass is 488 g/mol. The molecule has 27 heavy (non-hydrogen) atoms. The van der Waals surface area contributed by atoms with E-state index in [1.165, 1.54) is 0 Å². The van der Waals surface area contributed by atoms with Crippen LogP contribution >= 0.6 is 24.0 Å². The molecule has 1 aromatic heterocycles. The summed E-state index contributed by atoms with van der Waals surface area (Å²) in [6.45, 7) is 0.580. The Morgan fingerprint density at radius 3 is 2.52 bits per heavy atom. The van der Waals surface area contributed by atoms with Crippen molar-refractivity contribution in [1.82, 2.24) is 20.5 Å². The van der Waals surface area contributed by atoms with Crippen LogP contribution in [0.4, 0.5) is 5.69 Å². The third kappa shape index (κ3) is 6.64. The number of aromatic nitrogens is 1. The molecule has 1 aliphatic rings. The van der Waals surface area contributed by atoms with Gasteiger partial charge in [-0.3, -0.25) is 19.6 Å². The van der Waals surface area contributed by atoms with E-state index in [1.807, 2.05) is 0 Å². The Hall–Kier alpha value is -1.91. The topological polar surface area (TPSA) is 98.7 Å². The maximum atomic E-state index is 12.6. The van der Waals surface area contributed by atoms with Crippen molar-refractivity contribution in [2.24, 2.45) is 10.4 Å². The van der Waals surface area contributed by atoms with E-state index in [9.17, 15) is 9.59 Å². The summed E-state index contributed by atoms with van der Waals surface area (Å²) in [5, 5.41) is 8.94. The molecule has 0 spiro atoms. The van der Waals surface area contributed by atoms with Crippen molar-refractivity contribution in [2.45, 2.75) is 25.7 Å². The van der Waals surface area contributed by atoms with Crippen LogP contribution in [-0.4, -0.2) is 61.9 Å². The van der Waals surface area contributed by atoms with Gasteiger partial charge in [0.2, 0.25) is 11.8 Å². The van der Waals surface area contributed by atoms with E-state index in [-0.39, 0.29) is 47.8 Å². The molecule has 1 saturated carbocycles. The predicted octanol–water partition coefficient (Wildman–Crippen LogP) is 1.45. The maximum absolute atomic E-state index is 12.6. The minimum absolute atomic E-state index is 0. The minimum Gasteiger partial charge on any atom is -0.355 e. The maximum Gasteiger partial charge on any atom is 0.243 e. The van der Waals surface area contributed by atoms with Gasteiger partial charge in [0.1, 0.15) is 0 Å². The SMILES string of the molecule is CN=C(NCC(=O)Nc1cccnc1)NCC1(C(=O)N(C)C)CCCC1.I. The molecule has 1 aliphatic carbocycles. The van der Waals surface area contributed by atoms with Crippen LogP contribution in [0.15, 0.2) is 29.5 Å². The molecule has 150 valence electrons. The molecule has 0 bridgehead atoms. The van der Waals surface area contributed by atoms with Crippen molar-refractivity contribution in [1.29, 1.82) is 0 Å². The lowest BCUT2D eigenvalue weighted by Gasteiger charge is -2.31. The molecule has 2 rings (SSSR count). The van der Waals surface area contributed by atoms with Gasteiger partial charge in [-0.25, -0.2) is 0 Å². The van der Waals surface area contributed by atoms with Crippen LogP contribution in [-0.2, 0) is 9.59 Å². The fraction of sp³-hybridized carbons (Fsp3) is 0.556. The molecule has 1 fully saturated rings. The number of amides is 2. The summed E-state index contributed by atoms with van der Waals surface area (Å²) in [7, 11) is 5.22. The molecular formula is C18H29IN6O2. The van der Waals surface area contributed by atoms with Gasteiger partial charge in [0.15, 0.2) is 5.96 Å².